The van der Waals surface area contributed by atoms with Gasteiger partial charge in [0, 0.05) is 36.0 Å². The normalized spacial score (nSPS) is 12.0. The van der Waals surface area contributed by atoms with Crippen LogP contribution in [0.2, 0.25) is 0 Å². The van der Waals surface area contributed by atoms with E-state index in [2.05, 4.69) is 53.5 Å². The van der Waals surface area contributed by atoms with Crippen molar-refractivity contribution in [3.05, 3.63) is 59.3 Å². The summed E-state index contributed by atoms with van der Waals surface area (Å²) in [6.07, 6.45) is 8.49. The summed E-state index contributed by atoms with van der Waals surface area (Å²) >= 11 is 1.60. The molecule has 0 unspecified atom stereocenters. The molecule has 7 nitrogen and oxygen atoms in total. The number of amides is 1. The summed E-state index contributed by atoms with van der Waals surface area (Å²) in [5.74, 6) is 0.0990. The summed E-state index contributed by atoms with van der Waals surface area (Å²) in [7, 11) is 0. The Bertz CT molecular complexity index is 1140. The maximum absolute atomic E-state index is 11.3. The summed E-state index contributed by atoms with van der Waals surface area (Å²) in [5, 5.41) is 6.86. The number of hydrogen-bond donors (Lipinski definition) is 4. The minimum absolute atomic E-state index is 0.000928. The van der Waals surface area contributed by atoms with Gasteiger partial charge in [-0.3, -0.25) is 4.79 Å². The first-order valence-electron chi connectivity index (χ1n) is 11.5. The van der Waals surface area contributed by atoms with Crippen LogP contribution < -0.4 is 22.1 Å². The van der Waals surface area contributed by atoms with Gasteiger partial charge < -0.3 is 22.1 Å². The molecule has 1 amide bonds. The summed E-state index contributed by atoms with van der Waals surface area (Å²) in [6, 6.07) is 7.93. The van der Waals surface area contributed by atoms with Gasteiger partial charge in [0.2, 0.25) is 5.91 Å². The van der Waals surface area contributed by atoms with Crippen LogP contribution in [-0.4, -0.2) is 28.0 Å². The zero-order chi connectivity index (χ0) is 25.1. The molecular formula is C26H36N6OS. The molecule has 3 rings (SSSR count). The molecule has 3 aromatic rings. The Labute approximate surface area is 206 Å². The number of thiazole rings is 1. The highest BCUT2D eigenvalue weighted by molar-refractivity contribution is 7.16. The maximum Gasteiger partial charge on any atom is 0.217 e. The zero-order valence-electron chi connectivity index (χ0n) is 20.7. The first-order valence-corrected chi connectivity index (χ1v) is 12.3. The Morgan fingerprint density at radius 3 is 2.62 bits per heavy atom. The topological polar surface area (TPSA) is 119 Å². The molecule has 0 radical (unpaired) electrons. The van der Waals surface area contributed by atoms with E-state index in [1.165, 1.54) is 0 Å². The van der Waals surface area contributed by atoms with E-state index >= 15 is 0 Å². The number of aromatic nitrogens is 2. The molecule has 0 fully saturated rings. The van der Waals surface area contributed by atoms with Crippen molar-refractivity contribution in [3.63, 3.8) is 0 Å². The molecule has 182 valence electrons. The number of anilines is 3. The number of rotatable bonds is 9. The van der Waals surface area contributed by atoms with E-state index in [9.17, 15) is 4.79 Å². The van der Waals surface area contributed by atoms with Gasteiger partial charge in [-0.05, 0) is 57.5 Å². The number of nitrogens with zero attached hydrogens (tertiary/aromatic N) is 2. The Morgan fingerprint density at radius 1 is 1.15 bits per heavy atom. The molecule has 0 saturated heterocycles. The van der Waals surface area contributed by atoms with Crippen LogP contribution in [0.1, 0.15) is 53.0 Å². The number of carbonyl (C=O) groups is 1. The predicted octanol–water partition coefficient (Wildman–Crippen LogP) is 5.64. The van der Waals surface area contributed by atoms with Crippen molar-refractivity contribution in [3.8, 4) is 0 Å². The third-order valence-corrected chi connectivity index (χ3v) is 5.54. The van der Waals surface area contributed by atoms with Gasteiger partial charge in [-0.2, -0.15) is 0 Å². The van der Waals surface area contributed by atoms with E-state index in [1.807, 2.05) is 49.7 Å². The number of fused-ring (bicyclic) bond motifs is 1. The van der Waals surface area contributed by atoms with E-state index in [-0.39, 0.29) is 17.9 Å². The average Bonchev–Trinajstić information content (AvgIpc) is 3.25. The van der Waals surface area contributed by atoms with E-state index in [1.54, 1.807) is 17.5 Å². The number of carbonyl (C=O) groups excluding carboxylic acids is 1. The molecule has 2 heterocycles. The van der Waals surface area contributed by atoms with Crippen LogP contribution >= 0.6 is 11.3 Å². The van der Waals surface area contributed by atoms with E-state index < -0.39 is 0 Å². The quantitative estimate of drug-likeness (QED) is 0.294. The van der Waals surface area contributed by atoms with Crippen molar-refractivity contribution in [2.24, 2.45) is 5.73 Å². The largest absolute Gasteiger partial charge is 0.383 e. The molecule has 0 aliphatic carbocycles. The number of nitrogens with two attached hydrogens (primary N) is 2. The molecule has 8 heteroatoms. The molecule has 0 bridgehead atoms. The highest BCUT2D eigenvalue weighted by Crippen LogP contribution is 2.29. The van der Waals surface area contributed by atoms with Crippen molar-refractivity contribution in [1.82, 2.24) is 15.3 Å². The molecule has 1 aromatic carbocycles. The fourth-order valence-corrected chi connectivity index (χ4v) is 3.78. The predicted molar refractivity (Wildman–Crippen MR) is 146 cm³/mol. The Balaban J connectivity index is 0.00000199. The van der Waals surface area contributed by atoms with Crippen LogP contribution in [0, 0.1) is 0 Å². The van der Waals surface area contributed by atoms with Crippen molar-refractivity contribution in [1.29, 1.82) is 0 Å². The fourth-order valence-electron chi connectivity index (χ4n) is 3.06. The number of allylic oxidation sites excluding steroid dienone is 2. The Kier molecular flexibility index (Phi) is 10.2. The number of hydrogen-bond acceptors (Lipinski definition) is 7. The molecule has 0 atom stereocenters. The SMILES string of the molecule is CC.CC(C)(C)NC/C=C(/C=C/c1c(Nc2ccc3ncsc3c2)ccnc1N)CCC(N)=O. The average molecular weight is 481 g/mol. The highest BCUT2D eigenvalue weighted by Gasteiger charge is 2.09. The van der Waals surface area contributed by atoms with Gasteiger partial charge in [-0.25, -0.2) is 9.97 Å². The lowest BCUT2D eigenvalue weighted by Gasteiger charge is -2.19. The molecule has 2 aromatic heterocycles. The number of nitrogens with one attached hydrogen (secondary N) is 2. The Hall–Kier alpha value is -3.23. The third-order valence-electron chi connectivity index (χ3n) is 4.75. The molecule has 0 spiro atoms. The van der Waals surface area contributed by atoms with Gasteiger partial charge in [0.25, 0.3) is 0 Å². The zero-order valence-corrected chi connectivity index (χ0v) is 21.5. The molecule has 0 aliphatic rings. The number of nitrogen functional groups attached to an aromatic ring is 1. The number of pyridine rings is 1. The lowest BCUT2D eigenvalue weighted by Crippen LogP contribution is -2.35. The monoisotopic (exact) mass is 480 g/mol. The molecular weight excluding hydrogens is 444 g/mol. The van der Waals surface area contributed by atoms with Gasteiger partial charge in [0.1, 0.15) is 5.82 Å². The highest BCUT2D eigenvalue weighted by atomic mass is 32.1. The second-order valence-corrected chi connectivity index (χ2v) is 9.41. The number of primary amides is 1. The van der Waals surface area contributed by atoms with Gasteiger partial charge in [-0.1, -0.05) is 31.6 Å². The summed E-state index contributed by atoms with van der Waals surface area (Å²) in [5.41, 5.74) is 17.9. The first kappa shape index (κ1) is 27.0. The maximum atomic E-state index is 11.3. The van der Waals surface area contributed by atoms with Gasteiger partial charge >= 0.3 is 0 Å². The van der Waals surface area contributed by atoms with Crippen LogP contribution in [0.3, 0.4) is 0 Å². The van der Waals surface area contributed by atoms with Crippen LogP contribution in [-0.2, 0) is 4.79 Å². The van der Waals surface area contributed by atoms with Gasteiger partial charge in [-0.15, -0.1) is 11.3 Å². The lowest BCUT2D eigenvalue weighted by atomic mass is 10.1. The fraction of sp³-hybridized carbons (Fsp3) is 0.346. The Morgan fingerprint density at radius 2 is 1.91 bits per heavy atom. The van der Waals surface area contributed by atoms with Crippen LogP contribution in [0.15, 0.2) is 53.7 Å². The lowest BCUT2D eigenvalue weighted by molar-refractivity contribution is -0.117. The van der Waals surface area contributed by atoms with Crippen molar-refractivity contribution in [2.75, 3.05) is 17.6 Å². The van der Waals surface area contributed by atoms with Gasteiger partial charge in [0.15, 0.2) is 0 Å². The van der Waals surface area contributed by atoms with Crippen LogP contribution in [0.25, 0.3) is 16.3 Å². The minimum Gasteiger partial charge on any atom is -0.383 e. The first-order chi connectivity index (χ1) is 16.2. The standard InChI is InChI=1S/C24H30N6OS.C2H6/c1-24(2,3)29-13-10-16(5-9-22(25)31)4-7-18-19(11-12-27-23(18)26)30-17-6-8-20-21(14-17)32-15-28-20;1-2/h4,6-8,10-12,14-15,29H,5,9,13H2,1-3H3,(H2,25,31)(H3,26,27,30);1-2H3/b7-4+,16-10-;. The molecule has 0 aliphatic heterocycles. The molecule has 6 N–H and O–H groups in total. The van der Waals surface area contributed by atoms with Crippen molar-refractivity contribution in [2.45, 2.75) is 53.0 Å². The van der Waals surface area contributed by atoms with Crippen LogP contribution in [0.4, 0.5) is 17.2 Å². The second kappa shape index (κ2) is 12.9. The van der Waals surface area contributed by atoms with Crippen molar-refractivity contribution >= 4 is 50.7 Å². The van der Waals surface area contributed by atoms with Gasteiger partial charge in [0.05, 0.1) is 21.4 Å². The minimum atomic E-state index is -0.324. The number of benzene rings is 1. The van der Waals surface area contributed by atoms with Crippen LogP contribution in [0.5, 0.6) is 0 Å². The second-order valence-electron chi connectivity index (χ2n) is 8.53. The summed E-state index contributed by atoms with van der Waals surface area (Å²) in [4.78, 5) is 19.9. The molecule has 0 saturated carbocycles. The van der Waals surface area contributed by atoms with E-state index in [0.717, 1.165) is 32.7 Å². The molecule has 34 heavy (non-hydrogen) atoms. The summed E-state index contributed by atoms with van der Waals surface area (Å²) in [6.45, 7) is 11.0. The summed E-state index contributed by atoms with van der Waals surface area (Å²) < 4.78 is 1.11. The van der Waals surface area contributed by atoms with E-state index in [0.29, 0.717) is 18.8 Å². The van der Waals surface area contributed by atoms with Crippen molar-refractivity contribution < 1.29 is 4.79 Å². The van der Waals surface area contributed by atoms with E-state index in [4.69, 9.17) is 11.5 Å². The smallest absolute Gasteiger partial charge is 0.217 e. The third kappa shape index (κ3) is 8.61.